The molecule has 1 saturated heterocycles. The highest BCUT2D eigenvalue weighted by atomic mass is 28.3. The van der Waals surface area contributed by atoms with Gasteiger partial charge in [-0.25, -0.2) is 13.9 Å². The number of amides is 1. The number of benzene rings is 2. The molecule has 0 aliphatic carbocycles. The lowest BCUT2D eigenvalue weighted by Crippen LogP contribution is -2.48. The molecule has 0 unspecified atom stereocenters. The fourth-order valence-corrected chi connectivity index (χ4v) is 5.91. The summed E-state index contributed by atoms with van der Waals surface area (Å²) in [6.45, 7) is 13.3. The van der Waals surface area contributed by atoms with Crippen molar-refractivity contribution in [3.05, 3.63) is 58.9 Å². The number of alkyl halides is 3. The van der Waals surface area contributed by atoms with Gasteiger partial charge in [-0.15, -0.1) is 5.10 Å². The number of aromatic nitrogens is 3. The summed E-state index contributed by atoms with van der Waals surface area (Å²) in [5.41, 5.74) is -0.443. The molecule has 0 saturated carbocycles. The van der Waals surface area contributed by atoms with Crippen molar-refractivity contribution in [2.24, 2.45) is 0 Å². The van der Waals surface area contributed by atoms with Gasteiger partial charge in [-0.05, 0) is 69.5 Å². The average Bonchev–Trinajstić information content (AvgIpc) is 3.33. The summed E-state index contributed by atoms with van der Waals surface area (Å²) in [5.74, 6) is -0.380. The second-order valence-corrected chi connectivity index (χ2v) is 19.3. The Labute approximate surface area is 256 Å². The van der Waals surface area contributed by atoms with Crippen LogP contribution >= 0.6 is 0 Å². The molecule has 8 nitrogen and oxygen atoms in total. The maximum Gasteiger partial charge on any atom is 0.416 e. The Bertz CT molecular complexity index is 1420. The van der Waals surface area contributed by atoms with Crippen molar-refractivity contribution in [1.29, 1.82) is 0 Å². The first kappa shape index (κ1) is 33.9. The number of rotatable bonds is 10. The predicted molar refractivity (Wildman–Crippen MR) is 161 cm³/mol. The largest absolute Gasteiger partial charge is 0.444 e. The Morgan fingerprint density at radius 3 is 2.27 bits per heavy atom. The molecule has 3 aromatic rings. The van der Waals surface area contributed by atoms with E-state index in [-0.39, 0.29) is 36.8 Å². The number of nitrogens with zero attached hydrogens (tertiary/aromatic N) is 4. The minimum absolute atomic E-state index is 0.00951. The molecule has 0 atom stereocenters. The number of carbonyl (C=O) groups is 1. The molecule has 1 amide bonds. The van der Waals surface area contributed by atoms with E-state index in [0.29, 0.717) is 38.1 Å². The van der Waals surface area contributed by atoms with Gasteiger partial charge in [-0.1, -0.05) is 37.0 Å². The second kappa shape index (κ2) is 13.1. The van der Waals surface area contributed by atoms with Gasteiger partial charge in [0.2, 0.25) is 0 Å². The number of hydrogen-bond donors (Lipinski definition) is 0. The summed E-state index contributed by atoms with van der Waals surface area (Å²) < 4.78 is 74.3. The molecular weight excluding hydrogens is 596 g/mol. The number of hydrogen-bond acceptors (Lipinski definition) is 6. The van der Waals surface area contributed by atoms with E-state index in [1.807, 2.05) is 0 Å². The summed E-state index contributed by atoms with van der Waals surface area (Å²) >= 11 is 0. The van der Waals surface area contributed by atoms with Crippen molar-refractivity contribution in [1.82, 2.24) is 19.9 Å². The molecule has 0 bridgehead atoms. The Balaban J connectivity index is 1.53. The molecule has 2 heterocycles. The molecule has 13 heteroatoms. The van der Waals surface area contributed by atoms with Crippen LogP contribution in [0.2, 0.25) is 25.7 Å². The molecule has 1 aliphatic rings. The monoisotopic (exact) mass is 638 g/mol. The average molecular weight is 639 g/mol. The van der Waals surface area contributed by atoms with Gasteiger partial charge < -0.3 is 19.1 Å². The highest BCUT2D eigenvalue weighted by Crippen LogP contribution is 2.38. The fourth-order valence-electron chi connectivity index (χ4n) is 5.16. The Kier molecular flexibility index (Phi) is 10.1. The third-order valence-corrected chi connectivity index (χ3v) is 9.41. The van der Waals surface area contributed by atoms with Crippen LogP contribution in [-0.2, 0) is 39.1 Å². The summed E-state index contributed by atoms with van der Waals surface area (Å²) in [5, 5.41) is 8.25. The van der Waals surface area contributed by atoms with Gasteiger partial charge in [0, 0.05) is 38.7 Å². The molecule has 1 fully saturated rings. The van der Waals surface area contributed by atoms with Crippen molar-refractivity contribution in [2.75, 3.05) is 26.3 Å². The lowest BCUT2D eigenvalue weighted by Gasteiger charge is -2.42. The van der Waals surface area contributed by atoms with Gasteiger partial charge in [-0.3, -0.25) is 0 Å². The molecule has 1 aliphatic heterocycles. The first-order valence-electron chi connectivity index (χ1n) is 14.8. The minimum atomic E-state index is -4.58. The number of ether oxygens (including phenoxy) is 3. The van der Waals surface area contributed by atoms with E-state index in [1.54, 1.807) is 37.8 Å². The third-order valence-electron chi connectivity index (χ3n) is 7.70. The van der Waals surface area contributed by atoms with Crippen molar-refractivity contribution >= 4 is 25.2 Å². The van der Waals surface area contributed by atoms with Crippen LogP contribution in [0.3, 0.4) is 0 Å². The summed E-state index contributed by atoms with van der Waals surface area (Å²) in [6.07, 6.45) is -3.99. The zero-order valence-electron chi connectivity index (χ0n) is 26.3. The fraction of sp³-hybridized carbons (Fsp3) is 0.581. The lowest BCUT2D eigenvalue weighted by molar-refractivity contribution is -0.137. The van der Waals surface area contributed by atoms with E-state index >= 15 is 0 Å². The first-order valence-corrected chi connectivity index (χ1v) is 18.5. The van der Waals surface area contributed by atoms with Gasteiger partial charge in [0.15, 0.2) is 0 Å². The zero-order valence-corrected chi connectivity index (χ0v) is 27.3. The Morgan fingerprint density at radius 2 is 1.68 bits per heavy atom. The highest BCUT2D eigenvalue weighted by molar-refractivity contribution is 6.76. The predicted octanol–water partition coefficient (Wildman–Crippen LogP) is 7.39. The van der Waals surface area contributed by atoms with E-state index in [1.165, 1.54) is 16.8 Å². The van der Waals surface area contributed by atoms with Crippen LogP contribution in [0.1, 0.15) is 50.3 Å². The van der Waals surface area contributed by atoms with Gasteiger partial charge in [0.05, 0.1) is 24.3 Å². The summed E-state index contributed by atoms with van der Waals surface area (Å²) in [6, 6.07) is 9.12. The number of likely N-dealkylation sites (tertiary alicyclic amines) is 1. The molecule has 0 radical (unpaired) electrons. The van der Waals surface area contributed by atoms with Crippen LogP contribution in [0.15, 0.2) is 36.4 Å². The molecule has 2 aromatic carbocycles. The van der Waals surface area contributed by atoms with Crippen molar-refractivity contribution in [3.63, 3.8) is 0 Å². The summed E-state index contributed by atoms with van der Waals surface area (Å²) in [7, 11) is -1.34. The van der Waals surface area contributed by atoms with Crippen LogP contribution < -0.4 is 0 Å². The smallest absolute Gasteiger partial charge is 0.416 e. The van der Waals surface area contributed by atoms with Crippen molar-refractivity contribution < 1.29 is 36.6 Å². The van der Waals surface area contributed by atoms with Gasteiger partial charge >= 0.3 is 12.3 Å². The highest BCUT2D eigenvalue weighted by Gasteiger charge is 2.39. The van der Waals surface area contributed by atoms with Gasteiger partial charge in [0.1, 0.15) is 23.7 Å². The van der Waals surface area contributed by atoms with E-state index in [0.717, 1.165) is 23.7 Å². The SMILES string of the molecule is CC(C)(C)OC(=O)N1CCC(COCc2cc(C(F)(F)F)cc3c2nnn3COCC[Si](C)(C)C)(c2ccc(F)cc2)CC1. The summed E-state index contributed by atoms with van der Waals surface area (Å²) in [4.78, 5) is 14.3. The maximum atomic E-state index is 13.9. The molecule has 0 N–H and O–H groups in total. The molecule has 4 rings (SSSR count). The van der Waals surface area contributed by atoms with E-state index < -0.39 is 36.9 Å². The van der Waals surface area contributed by atoms with Gasteiger partial charge in [-0.2, -0.15) is 13.2 Å². The van der Waals surface area contributed by atoms with Crippen LogP contribution in [-0.4, -0.2) is 66.0 Å². The molecule has 0 spiro atoms. The second-order valence-electron chi connectivity index (χ2n) is 13.7. The quantitative estimate of drug-likeness (QED) is 0.131. The lowest BCUT2D eigenvalue weighted by atomic mass is 9.73. The molecule has 242 valence electrons. The number of carbonyl (C=O) groups excluding carboxylic acids is 1. The normalized spacial score (nSPS) is 16.0. The van der Waals surface area contributed by atoms with Crippen LogP contribution in [0, 0.1) is 5.82 Å². The van der Waals surface area contributed by atoms with Crippen LogP contribution in [0.25, 0.3) is 11.0 Å². The third kappa shape index (κ3) is 8.78. The van der Waals surface area contributed by atoms with E-state index in [4.69, 9.17) is 14.2 Å². The zero-order chi connectivity index (χ0) is 32.3. The van der Waals surface area contributed by atoms with Crippen molar-refractivity contribution in [2.45, 2.75) is 89.8 Å². The number of fused-ring (bicyclic) bond motifs is 1. The first-order chi connectivity index (χ1) is 20.5. The number of halogens is 4. The van der Waals surface area contributed by atoms with E-state index in [9.17, 15) is 22.4 Å². The molecular formula is C31H42F4N4O4Si. The standard InChI is InChI=1S/C31H42F4N4O4Si/c1-29(2,3)43-28(40)38-13-11-30(12-14-38,23-7-9-25(32)10-8-23)20-42-19-22-17-24(31(33,34)35)18-26-27(22)36-37-39(26)21-41-15-16-44(4,5)6/h7-10,17-18H,11-16,19-21H2,1-6H3. The maximum absolute atomic E-state index is 13.9. The Hall–Kier alpha value is -3.03. The molecule has 44 heavy (non-hydrogen) atoms. The molecule has 1 aromatic heterocycles. The minimum Gasteiger partial charge on any atom is -0.444 e. The van der Waals surface area contributed by atoms with Crippen LogP contribution in [0.4, 0.5) is 22.4 Å². The topological polar surface area (TPSA) is 78.7 Å². The van der Waals surface area contributed by atoms with Crippen molar-refractivity contribution in [3.8, 4) is 0 Å². The van der Waals surface area contributed by atoms with E-state index in [2.05, 4.69) is 30.0 Å². The van der Waals surface area contributed by atoms with Crippen LogP contribution in [0.5, 0.6) is 0 Å². The van der Waals surface area contributed by atoms with Gasteiger partial charge in [0.25, 0.3) is 0 Å². The number of piperidine rings is 1. The Morgan fingerprint density at radius 1 is 1.02 bits per heavy atom.